The van der Waals surface area contributed by atoms with Gasteiger partial charge in [-0.3, -0.25) is 9.59 Å². The van der Waals surface area contributed by atoms with Gasteiger partial charge in [-0.2, -0.15) is 0 Å². The summed E-state index contributed by atoms with van der Waals surface area (Å²) in [6.45, 7) is 5.27. The number of hydrogen-bond donors (Lipinski definition) is 2. The van der Waals surface area contributed by atoms with Gasteiger partial charge in [-0.15, -0.1) is 0 Å². The Morgan fingerprint density at radius 3 is 2.31 bits per heavy atom. The van der Waals surface area contributed by atoms with E-state index in [9.17, 15) is 14.7 Å². The van der Waals surface area contributed by atoms with Gasteiger partial charge in [0.15, 0.2) is 0 Å². The lowest BCUT2D eigenvalue weighted by molar-refractivity contribution is -0.145. The number of hydrogen-bond acceptors (Lipinski definition) is 3. The van der Waals surface area contributed by atoms with Crippen LogP contribution < -0.4 is 5.32 Å². The van der Waals surface area contributed by atoms with Crippen molar-refractivity contribution in [1.82, 2.24) is 5.32 Å². The van der Waals surface area contributed by atoms with Crippen LogP contribution in [0.5, 0.6) is 0 Å². The molecular weight excluding hydrogens is 354 g/mol. The van der Waals surface area contributed by atoms with Crippen LogP contribution in [0.1, 0.15) is 45.1 Å². The molecule has 26 heavy (non-hydrogen) atoms. The third-order valence-corrected chi connectivity index (χ3v) is 5.93. The highest BCUT2D eigenvalue weighted by Crippen LogP contribution is 2.33. The Morgan fingerprint density at radius 2 is 1.81 bits per heavy atom. The van der Waals surface area contributed by atoms with Crippen LogP contribution >= 0.6 is 11.6 Å². The van der Waals surface area contributed by atoms with Gasteiger partial charge in [0.2, 0.25) is 5.91 Å². The van der Waals surface area contributed by atoms with Gasteiger partial charge in [-0.05, 0) is 49.3 Å². The monoisotopic (exact) mass is 381 g/mol. The summed E-state index contributed by atoms with van der Waals surface area (Å²) >= 11 is 5.98. The minimum atomic E-state index is -0.859. The summed E-state index contributed by atoms with van der Waals surface area (Å²) in [7, 11) is 0. The molecule has 1 aromatic rings. The molecule has 0 radical (unpaired) electrons. The second kappa shape index (κ2) is 9.38. The molecule has 1 saturated heterocycles. The highest BCUT2D eigenvalue weighted by molar-refractivity contribution is 6.30. The summed E-state index contributed by atoms with van der Waals surface area (Å²) in [4.78, 5) is 24.8. The molecule has 1 aromatic carbocycles. The molecule has 1 amide bonds. The van der Waals surface area contributed by atoms with Crippen molar-refractivity contribution in [1.29, 1.82) is 0 Å². The molecular formula is C20H28ClNO4. The fraction of sp³-hybridized carbons (Fsp3) is 0.600. The average molecular weight is 382 g/mol. The van der Waals surface area contributed by atoms with Crippen molar-refractivity contribution in [3.8, 4) is 0 Å². The second-order valence-corrected chi connectivity index (χ2v) is 7.34. The van der Waals surface area contributed by atoms with Gasteiger partial charge in [-0.25, -0.2) is 0 Å². The molecule has 5 nitrogen and oxygen atoms in total. The maximum atomic E-state index is 13.1. The first kappa shape index (κ1) is 20.7. The van der Waals surface area contributed by atoms with Gasteiger partial charge in [0, 0.05) is 24.8 Å². The number of carbonyl (C=O) groups is 2. The molecule has 0 saturated carbocycles. The number of aliphatic carboxylic acids is 1. The molecule has 1 fully saturated rings. The summed E-state index contributed by atoms with van der Waals surface area (Å²) in [6, 6.07) is 7.32. The first-order valence-electron chi connectivity index (χ1n) is 9.29. The minimum absolute atomic E-state index is 0.0368. The number of carbonyl (C=O) groups excluding carboxylic acids is 1. The van der Waals surface area contributed by atoms with E-state index in [4.69, 9.17) is 16.3 Å². The summed E-state index contributed by atoms with van der Waals surface area (Å²) in [5, 5.41) is 13.1. The van der Waals surface area contributed by atoms with E-state index >= 15 is 0 Å². The zero-order valence-electron chi connectivity index (χ0n) is 15.5. The number of nitrogens with one attached hydrogen (secondary N) is 1. The largest absolute Gasteiger partial charge is 0.481 e. The summed E-state index contributed by atoms with van der Waals surface area (Å²) in [6.07, 6.45) is 2.70. The minimum Gasteiger partial charge on any atom is -0.481 e. The van der Waals surface area contributed by atoms with E-state index in [1.807, 2.05) is 26.0 Å². The van der Waals surface area contributed by atoms with Gasteiger partial charge >= 0.3 is 5.97 Å². The zero-order chi connectivity index (χ0) is 19.2. The molecule has 0 spiro atoms. The van der Waals surface area contributed by atoms with Crippen LogP contribution in [0.15, 0.2) is 24.3 Å². The Morgan fingerprint density at radius 1 is 1.23 bits per heavy atom. The fourth-order valence-corrected chi connectivity index (χ4v) is 3.95. The number of carboxylic acids is 1. The molecule has 1 aliphatic rings. The van der Waals surface area contributed by atoms with Gasteiger partial charge in [0.1, 0.15) is 0 Å². The van der Waals surface area contributed by atoms with Crippen LogP contribution in [-0.2, 0) is 19.7 Å². The lowest BCUT2D eigenvalue weighted by Gasteiger charge is -2.33. The van der Waals surface area contributed by atoms with Crippen molar-refractivity contribution >= 4 is 23.5 Å². The molecule has 0 aromatic heterocycles. The molecule has 6 heteroatoms. The lowest BCUT2D eigenvalue weighted by atomic mass is 9.75. The molecule has 1 unspecified atom stereocenters. The Bertz CT molecular complexity index is 607. The van der Waals surface area contributed by atoms with Crippen molar-refractivity contribution in [2.75, 3.05) is 19.8 Å². The van der Waals surface area contributed by atoms with Crippen LogP contribution in [0.2, 0.25) is 5.02 Å². The van der Waals surface area contributed by atoms with E-state index in [0.29, 0.717) is 31.1 Å². The molecule has 144 valence electrons. The number of carboxylic acid groups (broad SMARTS) is 1. The zero-order valence-corrected chi connectivity index (χ0v) is 16.2. The summed E-state index contributed by atoms with van der Waals surface area (Å²) in [5.41, 5.74) is 0.228. The summed E-state index contributed by atoms with van der Waals surface area (Å²) in [5.74, 6) is -1.53. The maximum Gasteiger partial charge on any atom is 0.308 e. The smallest absolute Gasteiger partial charge is 0.308 e. The number of halogens is 1. The first-order valence-corrected chi connectivity index (χ1v) is 9.67. The van der Waals surface area contributed by atoms with Crippen molar-refractivity contribution in [2.24, 2.45) is 11.8 Å². The SMILES string of the molecule is CCC(CC)(C(=O)NCC(C(=O)O)C1CCOCC1)c1ccc(Cl)cc1. The topological polar surface area (TPSA) is 75.6 Å². The van der Waals surface area contributed by atoms with Crippen LogP contribution in [0.3, 0.4) is 0 Å². The molecule has 1 heterocycles. The standard InChI is InChI=1S/C20H28ClNO4/c1-3-20(4-2,15-5-7-16(21)8-6-15)19(25)22-13-17(18(23)24)14-9-11-26-12-10-14/h5-8,14,17H,3-4,9-13H2,1-2H3,(H,22,25)(H,23,24). The Labute approximate surface area is 160 Å². The number of ether oxygens (including phenoxy) is 1. The first-order chi connectivity index (χ1) is 12.4. The van der Waals surface area contributed by atoms with Crippen LogP contribution in [0.4, 0.5) is 0 Å². The second-order valence-electron chi connectivity index (χ2n) is 6.90. The molecule has 0 bridgehead atoms. The van der Waals surface area contributed by atoms with Crippen LogP contribution in [0.25, 0.3) is 0 Å². The predicted molar refractivity (Wildman–Crippen MR) is 101 cm³/mol. The number of benzene rings is 1. The van der Waals surface area contributed by atoms with Gasteiger partial charge in [0.05, 0.1) is 11.3 Å². The predicted octanol–water partition coefficient (Wildman–Crippen LogP) is 3.64. The van der Waals surface area contributed by atoms with E-state index in [2.05, 4.69) is 5.32 Å². The number of amides is 1. The van der Waals surface area contributed by atoms with Crippen molar-refractivity contribution in [2.45, 2.75) is 44.9 Å². The van der Waals surface area contributed by atoms with E-state index in [-0.39, 0.29) is 18.4 Å². The van der Waals surface area contributed by atoms with Gasteiger partial charge < -0.3 is 15.2 Å². The highest BCUT2D eigenvalue weighted by atomic mass is 35.5. The molecule has 1 atom stereocenters. The third kappa shape index (κ3) is 4.57. The van der Waals surface area contributed by atoms with Gasteiger partial charge in [-0.1, -0.05) is 37.6 Å². The quantitative estimate of drug-likeness (QED) is 0.720. The van der Waals surface area contributed by atoms with Crippen LogP contribution in [0, 0.1) is 11.8 Å². The Hall–Kier alpha value is -1.59. The molecule has 0 aliphatic carbocycles. The number of rotatable bonds is 8. The molecule has 2 rings (SSSR count). The fourth-order valence-electron chi connectivity index (χ4n) is 3.83. The van der Waals surface area contributed by atoms with E-state index < -0.39 is 17.3 Å². The average Bonchev–Trinajstić information content (AvgIpc) is 2.65. The normalized spacial score (nSPS) is 16.9. The van der Waals surface area contributed by atoms with E-state index in [0.717, 1.165) is 18.4 Å². The molecule has 2 N–H and O–H groups in total. The summed E-state index contributed by atoms with van der Waals surface area (Å²) < 4.78 is 5.32. The van der Waals surface area contributed by atoms with E-state index in [1.54, 1.807) is 12.1 Å². The maximum absolute atomic E-state index is 13.1. The van der Waals surface area contributed by atoms with E-state index in [1.165, 1.54) is 0 Å². The van der Waals surface area contributed by atoms with Crippen LogP contribution in [-0.4, -0.2) is 36.7 Å². The highest BCUT2D eigenvalue weighted by Gasteiger charge is 2.38. The third-order valence-electron chi connectivity index (χ3n) is 5.67. The lowest BCUT2D eigenvalue weighted by Crippen LogP contribution is -2.47. The van der Waals surface area contributed by atoms with Crippen molar-refractivity contribution in [3.63, 3.8) is 0 Å². The molecule has 1 aliphatic heterocycles. The van der Waals surface area contributed by atoms with Crippen molar-refractivity contribution < 1.29 is 19.4 Å². The van der Waals surface area contributed by atoms with Crippen molar-refractivity contribution in [3.05, 3.63) is 34.9 Å². The Balaban J connectivity index is 2.13. The Kier molecular flexibility index (Phi) is 7.47. The van der Waals surface area contributed by atoms with Gasteiger partial charge in [0.25, 0.3) is 0 Å².